The Morgan fingerprint density at radius 3 is 2.76 bits per heavy atom. The number of urea groups is 1. The van der Waals surface area contributed by atoms with Crippen molar-refractivity contribution in [3.63, 3.8) is 0 Å². The van der Waals surface area contributed by atoms with Crippen molar-refractivity contribution in [2.24, 2.45) is 0 Å². The second-order valence-electron chi connectivity index (χ2n) is 4.22. The fourth-order valence-electron chi connectivity index (χ4n) is 1.60. The molecule has 0 aliphatic carbocycles. The van der Waals surface area contributed by atoms with E-state index in [0.717, 1.165) is 0 Å². The predicted octanol–water partition coefficient (Wildman–Crippen LogP) is 3.85. The third-order valence-electron chi connectivity index (χ3n) is 2.60. The third-order valence-corrected chi connectivity index (χ3v) is 2.92. The second-order valence-corrected chi connectivity index (χ2v) is 4.63. The minimum atomic E-state index is -0.441. The van der Waals surface area contributed by atoms with Crippen molar-refractivity contribution in [2.75, 3.05) is 11.1 Å². The van der Waals surface area contributed by atoms with Crippen LogP contribution in [0.4, 0.5) is 20.6 Å². The maximum absolute atomic E-state index is 13.0. The van der Waals surface area contributed by atoms with E-state index < -0.39 is 6.03 Å². The van der Waals surface area contributed by atoms with Crippen LogP contribution >= 0.6 is 11.6 Å². The molecular formula is C15H13ClFN3O. The highest BCUT2D eigenvalue weighted by atomic mass is 35.5. The average molecular weight is 306 g/mol. The van der Waals surface area contributed by atoms with E-state index in [1.165, 1.54) is 18.3 Å². The molecule has 2 aromatic carbocycles. The normalized spacial score (nSPS) is 10.6. The third kappa shape index (κ3) is 4.50. The van der Waals surface area contributed by atoms with Gasteiger partial charge >= 0.3 is 6.03 Å². The fraction of sp³-hybridized carbons (Fsp3) is 0. The minimum absolute atomic E-state index is 0.335. The number of rotatable bonds is 3. The van der Waals surface area contributed by atoms with Crippen LogP contribution in [0.3, 0.4) is 0 Å². The summed E-state index contributed by atoms with van der Waals surface area (Å²) >= 11 is 5.85. The second kappa shape index (κ2) is 6.76. The summed E-state index contributed by atoms with van der Waals surface area (Å²) in [6.45, 7) is 0. The van der Waals surface area contributed by atoms with Gasteiger partial charge < -0.3 is 16.4 Å². The number of carbonyl (C=O) groups is 1. The van der Waals surface area contributed by atoms with E-state index in [0.29, 0.717) is 22.0 Å². The van der Waals surface area contributed by atoms with Gasteiger partial charge in [-0.25, -0.2) is 9.18 Å². The summed E-state index contributed by atoms with van der Waals surface area (Å²) in [5.74, 6) is -0.335. The molecule has 6 heteroatoms. The zero-order valence-electron chi connectivity index (χ0n) is 10.9. The Balaban J connectivity index is 1.91. The summed E-state index contributed by atoms with van der Waals surface area (Å²) in [6, 6.07) is 10.4. The molecule has 2 amide bonds. The molecule has 0 aromatic heterocycles. The zero-order valence-corrected chi connectivity index (χ0v) is 11.7. The molecule has 0 fully saturated rings. The highest BCUT2D eigenvalue weighted by Crippen LogP contribution is 2.22. The number of halogens is 2. The molecule has 0 atom stereocenters. The molecule has 0 aliphatic heterocycles. The quantitative estimate of drug-likeness (QED) is 0.754. The Morgan fingerprint density at radius 2 is 2.05 bits per heavy atom. The first-order valence-corrected chi connectivity index (χ1v) is 6.47. The molecule has 108 valence electrons. The number of carbonyl (C=O) groups excluding carboxylic acids is 1. The lowest BCUT2D eigenvalue weighted by Gasteiger charge is -2.06. The first-order valence-electron chi connectivity index (χ1n) is 6.09. The summed E-state index contributed by atoms with van der Waals surface area (Å²) in [5.41, 5.74) is 7.18. The van der Waals surface area contributed by atoms with Crippen molar-refractivity contribution in [1.82, 2.24) is 5.32 Å². The van der Waals surface area contributed by atoms with Gasteiger partial charge in [0.2, 0.25) is 0 Å². The van der Waals surface area contributed by atoms with E-state index in [9.17, 15) is 9.18 Å². The molecule has 0 aliphatic rings. The molecule has 0 spiro atoms. The molecule has 0 bridgehead atoms. The van der Waals surface area contributed by atoms with E-state index in [1.54, 1.807) is 36.4 Å². The number of anilines is 2. The molecule has 4 nitrogen and oxygen atoms in total. The topological polar surface area (TPSA) is 67.1 Å². The lowest BCUT2D eigenvalue weighted by Crippen LogP contribution is -2.23. The van der Waals surface area contributed by atoms with Crippen molar-refractivity contribution in [1.29, 1.82) is 0 Å². The Bertz CT molecular complexity index is 688. The van der Waals surface area contributed by atoms with E-state index >= 15 is 0 Å². The lowest BCUT2D eigenvalue weighted by atomic mass is 10.2. The molecular weight excluding hydrogens is 293 g/mol. The summed E-state index contributed by atoms with van der Waals surface area (Å²) in [7, 11) is 0. The Hall–Kier alpha value is -2.53. The van der Waals surface area contributed by atoms with Gasteiger partial charge in [0, 0.05) is 11.9 Å². The molecule has 4 N–H and O–H groups in total. The minimum Gasteiger partial charge on any atom is -0.398 e. The van der Waals surface area contributed by atoms with E-state index in [4.69, 9.17) is 17.3 Å². The molecule has 0 unspecified atom stereocenters. The predicted molar refractivity (Wildman–Crippen MR) is 83.5 cm³/mol. The first kappa shape index (κ1) is 14.9. The Labute approximate surface area is 126 Å². The molecule has 0 saturated carbocycles. The number of nitrogens with one attached hydrogen (secondary N) is 2. The van der Waals surface area contributed by atoms with Crippen LogP contribution in [0.25, 0.3) is 6.08 Å². The number of benzene rings is 2. The van der Waals surface area contributed by atoms with Gasteiger partial charge in [-0.1, -0.05) is 23.7 Å². The number of nitrogen functional groups attached to an aromatic ring is 1. The van der Waals surface area contributed by atoms with Crippen molar-refractivity contribution in [3.05, 3.63) is 65.1 Å². The number of nitrogens with two attached hydrogens (primary N) is 1. The van der Waals surface area contributed by atoms with Crippen LogP contribution in [-0.2, 0) is 0 Å². The van der Waals surface area contributed by atoms with Gasteiger partial charge in [0.1, 0.15) is 5.82 Å². The molecule has 2 aromatic rings. The maximum atomic E-state index is 13.0. The van der Waals surface area contributed by atoms with Crippen molar-refractivity contribution in [3.8, 4) is 0 Å². The van der Waals surface area contributed by atoms with Crippen molar-refractivity contribution in [2.45, 2.75) is 0 Å². The van der Waals surface area contributed by atoms with Gasteiger partial charge in [0.25, 0.3) is 0 Å². The fourth-order valence-corrected chi connectivity index (χ4v) is 1.78. The van der Waals surface area contributed by atoms with Crippen LogP contribution in [0.15, 0.2) is 48.7 Å². The van der Waals surface area contributed by atoms with Gasteiger partial charge in [0.15, 0.2) is 0 Å². The molecule has 0 heterocycles. The first-order chi connectivity index (χ1) is 10.0. The van der Waals surface area contributed by atoms with Crippen LogP contribution in [0.5, 0.6) is 0 Å². The SMILES string of the molecule is Nc1ccc(NC(=O)N/C=C/c2cccc(F)c2)cc1Cl. The van der Waals surface area contributed by atoms with Crippen LogP contribution in [0.2, 0.25) is 5.02 Å². The molecule has 2 rings (SSSR count). The summed E-state index contributed by atoms with van der Waals surface area (Å²) in [6.07, 6.45) is 3.00. The van der Waals surface area contributed by atoms with Crippen LogP contribution in [0.1, 0.15) is 5.56 Å². The van der Waals surface area contributed by atoms with E-state index in [-0.39, 0.29) is 5.82 Å². The van der Waals surface area contributed by atoms with Gasteiger partial charge in [-0.15, -0.1) is 0 Å². The van der Waals surface area contributed by atoms with E-state index in [1.807, 2.05) is 0 Å². The molecule has 0 radical (unpaired) electrons. The van der Waals surface area contributed by atoms with Crippen LogP contribution in [0, 0.1) is 5.82 Å². The Morgan fingerprint density at radius 1 is 1.24 bits per heavy atom. The smallest absolute Gasteiger partial charge is 0.323 e. The molecule has 0 saturated heterocycles. The number of hydrogen-bond donors (Lipinski definition) is 3. The van der Waals surface area contributed by atoms with Gasteiger partial charge in [-0.3, -0.25) is 0 Å². The van der Waals surface area contributed by atoms with Crippen molar-refractivity contribution >= 4 is 35.1 Å². The van der Waals surface area contributed by atoms with Gasteiger partial charge in [0.05, 0.1) is 10.7 Å². The number of hydrogen-bond acceptors (Lipinski definition) is 2. The standard InChI is InChI=1S/C15H13ClFN3O/c16-13-9-12(4-5-14(13)18)20-15(21)19-7-6-10-2-1-3-11(17)8-10/h1-9H,18H2,(H2,19,20,21)/b7-6+. The van der Waals surface area contributed by atoms with Gasteiger partial charge in [-0.2, -0.15) is 0 Å². The van der Waals surface area contributed by atoms with Crippen LogP contribution < -0.4 is 16.4 Å². The molecule has 21 heavy (non-hydrogen) atoms. The maximum Gasteiger partial charge on any atom is 0.323 e. The van der Waals surface area contributed by atoms with Gasteiger partial charge in [-0.05, 0) is 42.0 Å². The zero-order chi connectivity index (χ0) is 15.2. The van der Waals surface area contributed by atoms with E-state index in [2.05, 4.69) is 10.6 Å². The largest absolute Gasteiger partial charge is 0.398 e. The highest BCUT2D eigenvalue weighted by molar-refractivity contribution is 6.33. The average Bonchev–Trinajstić information content (AvgIpc) is 2.43. The number of amides is 2. The van der Waals surface area contributed by atoms with Crippen LogP contribution in [-0.4, -0.2) is 6.03 Å². The van der Waals surface area contributed by atoms with Crippen molar-refractivity contribution < 1.29 is 9.18 Å². The summed E-state index contributed by atoms with van der Waals surface area (Å²) in [4.78, 5) is 11.6. The highest BCUT2D eigenvalue weighted by Gasteiger charge is 2.02. The summed E-state index contributed by atoms with van der Waals surface area (Å²) < 4.78 is 13.0. The summed E-state index contributed by atoms with van der Waals surface area (Å²) in [5, 5.41) is 5.46. The lowest BCUT2D eigenvalue weighted by molar-refractivity contribution is 0.255. The Kier molecular flexibility index (Phi) is 4.79. The monoisotopic (exact) mass is 305 g/mol.